The summed E-state index contributed by atoms with van der Waals surface area (Å²) in [7, 11) is 0. The summed E-state index contributed by atoms with van der Waals surface area (Å²) in [5.74, 6) is 1.23. The van der Waals surface area contributed by atoms with Crippen molar-refractivity contribution in [1.82, 2.24) is 5.16 Å². The number of rotatable bonds is 0. The zero-order chi connectivity index (χ0) is 10.3. The Balaban J connectivity index is 2.27. The highest BCUT2D eigenvalue weighted by atomic mass is 16.5. The van der Waals surface area contributed by atoms with Crippen LogP contribution in [0.1, 0.15) is 5.56 Å². The summed E-state index contributed by atoms with van der Waals surface area (Å²) in [6, 6.07) is 7.77. The Kier molecular flexibility index (Phi) is 1.68. The third-order valence-electron chi connectivity index (χ3n) is 2.57. The number of aromatic nitrogens is 1. The van der Waals surface area contributed by atoms with Gasteiger partial charge in [0.1, 0.15) is 11.4 Å². The van der Waals surface area contributed by atoms with Gasteiger partial charge in [-0.1, -0.05) is 17.3 Å². The van der Waals surface area contributed by atoms with Gasteiger partial charge in [0.2, 0.25) is 5.88 Å². The zero-order valence-electron chi connectivity index (χ0n) is 8.06. The lowest BCUT2D eigenvalue weighted by Crippen LogP contribution is -1.99. The molecule has 0 spiro atoms. The zero-order valence-corrected chi connectivity index (χ0v) is 8.06. The summed E-state index contributed by atoms with van der Waals surface area (Å²) < 4.78 is 10.6. The molecule has 1 aromatic heterocycles. The van der Waals surface area contributed by atoms with Crippen LogP contribution in [-0.4, -0.2) is 11.8 Å². The summed E-state index contributed by atoms with van der Waals surface area (Å²) in [4.78, 5) is 0. The Morgan fingerprint density at radius 2 is 2.13 bits per heavy atom. The number of fused-ring (bicyclic) bond motifs is 3. The second-order valence-electron chi connectivity index (χ2n) is 3.47. The van der Waals surface area contributed by atoms with E-state index in [9.17, 15) is 0 Å². The molecular formula is C11H10N2O2. The van der Waals surface area contributed by atoms with E-state index in [0.29, 0.717) is 12.5 Å². The van der Waals surface area contributed by atoms with Gasteiger partial charge in [0.25, 0.3) is 0 Å². The van der Waals surface area contributed by atoms with Crippen molar-refractivity contribution in [2.24, 2.45) is 0 Å². The smallest absolute Gasteiger partial charge is 0.226 e. The molecule has 0 bridgehead atoms. The largest absolute Gasteiger partial charge is 0.493 e. The van der Waals surface area contributed by atoms with Crippen LogP contribution in [0.5, 0.6) is 5.75 Å². The Hall–Kier alpha value is -1.97. The van der Waals surface area contributed by atoms with Gasteiger partial charge in [-0.2, -0.15) is 0 Å². The topological polar surface area (TPSA) is 61.3 Å². The lowest BCUT2D eigenvalue weighted by atomic mass is 10.1. The van der Waals surface area contributed by atoms with Crippen LogP contribution in [0.25, 0.3) is 11.3 Å². The van der Waals surface area contributed by atoms with Crippen LogP contribution in [0, 0.1) is 0 Å². The van der Waals surface area contributed by atoms with Crippen LogP contribution in [0.15, 0.2) is 28.8 Å². The van der Waals surface area contributed by atoms with Gasteiger partial charge in [0.15, 0.2) is 0 Å². The molecule has 0 saturated carbocycles. The SMILES string of the molecule is Nc1onc2c1CCOc1ccccc1-2. The van der Waals surface area contributed by atoms with E-state index >= 15 is 0 Å². The molecule has 2 aromatic rings. The van der Waals surface area contributed by atoms with Crippen molar-refractivity contribution in [3.8, 4) is 17.0 Å². The van der Waals surface area contributed by atoms with Crippen LogP contribution in [0.2, 0.25) is 0 Å². The fraction of sp³-hybridized carbons (Fsp3) is 0.182. The maximum absolute atomic E-state index is 5.70. The van der Waals surface area contributed by atoms with E-state index < -0.39 is 0 Å². The molecular weight excluding hydrogens is 192 g/mol. The van der Waals surface area contributed by atoms with Gasteiger partial charge in [-0.25, -0.2) is 0 Å². The summed E-state index contributed by atoms with van der Waals surface area (Å²) >= 11 is 0. The second-order valence-corrected chi connectivity index (χ2v) is 3.47. The van der Waals surface area contributed by atoms with E-state index in [1.807, 2.05) is 24.3 Å². The van der Waals surface area contributed by atoms with Crippen molar-refractivity contribution in [3.63, 3.8) is 0 Å². The first kappa shape index (κ1) is 8.35. The molecule has 2 N–H and O–H groups in total. The van der Waals surface area contributed by atoms with Gasteiger partial charge in [-0.3, -0.25) is 0 Å². The van der Waals surface area contributed by atoms with Crippen molar-refractivity contribution >= 4 is 5.88 Å². The normalized spacial score (nSPS) is 13.6. The van der Waals surface area contributed by atoms with E-state index in [1.165, 1.54) is 0 Å². The molecule has 0 aliphatic carbocycles. The van der Waals surface area contributed by atoms with E-state index in [0.717, 1.165) is 29.0 Å². The molecule has 4 nitrogen and oxygen atoms in total. The summed E-state index contributed by atoms with van der Waals surface area (Å²) in [6.45, 7) is 0.607. The Bertz CT molecular complexity index is 505. The maximum Gasteiger partial charge on any atom is 0.226 e. The number of para-hydroxylation sites is 1. The number of hydrogen-bond acceptors (Lipinski definition) is 4. The number of nitrogens with zero attached hydrogens (tertiary/aromatic N) is 1. The quantitative estimate of drug-likeness (QED) is 0.708. The van der Waals surface area contributed by atoms with Crippen molar-refractivity contribution in [1.29, 1.82) is 0 Å². The van der Waals surface area contributed by atoms with Crippen LogP contribution in [0.3, 0.4) is 0 Å². The van der Waals surface area contributed by atoms with Gasteiger partial charge in [0.05, 0.1) is 6.61 Å². The minimum absolute atomic E-state index is 0.394. The average molecular weight is 202 g/mol. The standard InChI is InChI=1S/C11H10N2O2/c12-11-8-5-6-14-9-4-2-1-3-7(9)10(8)13-15-11/h1-4H,5-6,12H2. The Morgan fingerprint density at radius 1 is 1.27 bits per heavy atom. The number of hydrogen-bond donors (Lipinski definition) is 1. The summed E-state index contributed by atoms with van der Waals surface area (Å²) in [5.41, 5.74) is 8.40. The minimum Gasteiger partial charge on any atom is -0.493 e. The molecule has 1 aromatic carbocycles. The molecule has 0 unspecified atom stereocenters. The van der Waals surface area contributed by atoms with Crippen molar-refractivity contribution in [2.75, 3.05) is 12.3 Å². The van der Waals surface area contributed by atoms with Crippen LogP contribution in [-0.2, 0) is 6.42 Å². The number of benzene rings is 1. The van der Waals surface area contributed by atoms with Crippen molar-refractivity contribution in [2.45, 2.75) is 6.42 Å². The first-order valence-electron chi connectivity index (χ1n) is 4.82. The van der Waals surface area contributed by atoms with E-state index in [-0.39, 0.29) is 0 Å². The molecule has 0 radical (unpaired) electrons. The summed E-state index contributed by atoms with van der Waals surface area (Å²) in [6.07, 6.45) is 0.735. The van der Waals surface area contributed by atoms with Crippen molar-refractivity contribution < 1.29 is 9.26 Å². The van der Waals surface area contributed by atoms with E-state index in [2.05, 4.69) is 5.16 Å². The third kappa shape index (κ3) is 1.18. The van der Waals surface area contributed by atoms with Crippen molar-refractivity contribution in [3.05, 3.63) is 29.8 Å². The molecule has 0 fully saturated rings. The van der Waals surface area contributed by atoms with E-state index in [1.54, 1.807) is 0 Å². The first-order valence-corrected chi connectivity index (χ1v) is 4.82. The molecule has 1 aliphatic rings. The van der Waals surface area contributed by atoms with E-state index in [4.69, 9.17) is 15.0 Å². The van der Waals surface area contributed by atoms with Gasteiger partial charge in [-0.15, -0.1) is 0 Å². The first-order chi connectivity index (χ1) is 7.36. The lowest BCUT2D eigenvalue weighted by Gasteiger charge is -2.04. The predicted octanol–water partition coefficient (Wildman–Crippen LogP) is 1.86. The summed E-state index contributed by atoms with van der Waals surface area (Å²) in [5, 5.41) is 3.98. The van der Waals surface area contributed by atoms with Crippen LogP contribution < -0.4 is 10.5 Å². The predicted molar refractivity (Wildman–Crippen MR) is 55.6 cm³/mol. The molecule has 0 saturated heterocycles. The highest BCUT2D eigenvalue weighted by molar-refractivity contribution is 5.73. The highest BCUT2D eigenvalue weighted by Crippen LogP contribution is 2.36. The Morgan fingerprint density at radius 3 is 3.07 bits per heavy atom. The van der Waals surface area contributed by atoms with Gasteiger partial charge >= 0.3 is 0 Å². The molecule has 2 heterocycles. The van der Waals surface area contributed by atoms with Crippen LogP contribution in [0.4, 0.5) is 5.88 Å². The number of ether oxygens (including phenoxy) is 1. The number of nitrogen functional groups attached to an aromatic ring is 1. The molecule has 76 valence electrons. The molecule has 0 amide bonds. The average Bonchev–Trinajstić information content (AvgIpc) is 2.53. The van der Waals surface area contributed by atoms with Gasteiger partial charge < -0.3 is 15.0 Å². The monoisotopic (exact) mass is 202 g/mol. The maximum atomic E-state index is 5.70. The third-order valence-corrected chi connectivity index (χ3v) is 2.57. The minimum atomic E-state index is 0.394. The molecule has 3 rings (SSSR count). The van der Waals surface area contributed by atoms with Crippen LogP contribution >= 0.6 is 0 Å². The Labute approximate surface area is 86.6 Å². The molecule has 1 aliphatic heterocycles. The molecule has 0 atom stereocenters. The second kappa shape index (κ2) is 3.02. The van der Waals surface area contributed by atoms with Gasteiger partial charge in [0, 0.05) is 17.5 Å². The fourth-order valence-electron chi connectivity index (χ4n) is 1.83. The lowest BCUT2D eigenvalue weighted by molar-refractivity contribution is 0.325. The molecule has 4 heteroatoms. The number of nitrogens with two attached hydrogens (primary N) is 1. The molecule has 15 heavy (non-hydrogen) atoms. The van der Waals surface area contributed by atoms with Gasteiger partial charge in [-0.05, 0) is 12.1 Å². The fourth-order valence-corrected chi connectivity index (χ4v) is 1.83. The number of anilines is 1. The highest BCUT2D eigenvalue weighted by Gasteiger charge is 2.21.